The Hall–Kier alpha value is -2.09. The van der Waals surface area contributed by atoms with Crippen LogP contribution in [0.15, 0.2) is 24.3 Å². The number of esters is 1. The maximum absolute atomic E-state index is 12.0. The number of methoxy groups -OCH3 is 1. The molecule has 4 aliphatic rings. The fourth-order valence-corrected chi connectivity index (χ4v) is 5.09. The van der Waals surface area contributed by atoms with Gasteiger partial charge in [0.05, 0.1) is 17.6 Å². The van der Waals surface area contributed by atoms with E-state index in [1.165, 1.54) is 0 Å². The zero-order chi connectivity index (χ0) is 19.5. The molecule has 0 bridgehead atoms. The number of benzene rings is 1. The molecule has 1 saturated heterocycles. The fourth-order valence-electron chi connectivity index (χ4n) is 5.09. The Labute approximate surface area is 164 Å². The van der Waals surface area contributed by atoms with E-state index in [1.807, 2.05) is 12.1 Å². The number of hydrogen-bond donors (Lipinski definition) is 0. The second-order valence-corrected chi connectivity index (χ2v) is 7.85. The summed E-state index contributed by atoms with van der Waals surface area (Å²) in [4.78, 5) is 14.4. The van der Waals surface area contributed by atoms with Gasteiger partial charge in [-0.3, -0.25) is 9.69 Å². The van der Waals surface area contributed by atoms with Crippen LogP contribution in [0.1, 0.15) is 37.2 Å². The number of likely N-dealkylation sites (N-methyl/N-ethyl adjacent to an activating group) is 1. The van der Waals surface area contributed by atoms with Crippen molar-refractivity contribution >= 4 is 5.97 Å². The molecule has 1 spiro atoms. The molecule has 5 unspecified atom stereocenters. The van der Waals surface area contributed by atoms with Gasteiger partial charge in [0.25, 0.3) is 0 Å². The summed E-state index contributed by atoms with van der Waals surface area (Å²) in [7, 11) is 3.85. The van der Waals surface area contributed by atoms with Crippen LogP contribution >= 0.6 is 0 Å². The quantitative estimate of drug-likeness (QED) is 0.582. The fraction of sp³-hybridized carbons (Fsp3) is 0.571. The van der Waals surface area contributed by atoms with Crippen molar-refractivity contribution in [3.8, 4) is 11.5 Å². The van der Waals surface area contributed by atoms with Gasteiger partial charge in [0.2, 0.25) is 13.1 Å². The molecule has 3 heterocycles. The standard InChI is InChI=1S/C21H25NO6/c1-4-19(23)28-20-13-8-15-16(26-11-25-15)9-14(13)21-6-5-12(24-3)7-17(21)22(2)10-18(21)27-20/h5-6,8-9,12,17-18,20H,4,7,10-11H2,1-3H3. The first-order valence-corrected chi connectivity index (χ1v) is 9.78. The van der Waals surface area contributed by atoms with Crippen molar-refractivity contribution in [2.45, 2.75) is 49.7 Å². The van der Waals surface area contributed by atoms with Crippen LogP contribution < -0.4 is 9.47 Å². The molecule has 7 nitrogen and oxygen atoms in total. The molecule has 5 rings (SSSR count). The molecule has 28 heavy (non-hydrogen) atoms. The summed E-state index contributed by atoms with van der Waals surface area (Å²) in [5, 5.41) is 0. The third-order valence-electron chi connectivity index (χ3n) is 6.50. The van der Waals surface area contributed by atoms with Gasteiger partial charge in [0, 0.05) is 31.7 Å². The number of rotatable bonds is 3. The van der Waals surface area contributed by atoms with Gasteiger partial charge in [-0.25, -0.2) is 0 Å². The van der Waals surface area contributed by atoms with E-state index in [1.54, 1.807) is 14.0 Å². The van der Waals surface area contributed by atoms with Crippen LogP contribution in [-0.2, 0) is 24.4 Å². The number of fused-ring (bicyclic) bond motifs is 2. The number of ether oxygens (including phenoxy) is 5. The summed E-state index contributed by atoms with van der Waals surface area (Å²) >= 11 is 0. The lowest BCUT2D eigenvalue weighted by Gasteiger charge is -2.47. The third kappa shape index (κ3) is 2.43. The largest absolute Gasteiger partial charge is 0.454 e. The third-order valence-corrected chi connectivity index (χ3v) is 6.50. The van der Waals surface area contributed by atoms with Gasteiger partial charge in [-0.2, -0.15) is 0 Å². The van der Waals surface area contributed by atoms with Crippen LogP contribution in [0.5, 0.6) is 11.5 Å². The number of carbonyl (C=O) groups excluding carboxylic acids is 1. The molecular weight excluding hydrogens is 362 g/mol. The Morgan fingerprint density at radius 1 is 1.32 bits per heavy atom. The lowest BCUT2D eigenvalue weighted by atomic mass is 9.65. The van der Waals surface area contributed by atoms with Crippen LogP contribution in [0.2, 0.25) is 0 Å². The molecule has 150 valence electrons. The van der Waals surface area contributed by atoms with Crippen LogP contribution in [0, 0.1) is 0 Å². The van der Waals surface area contributed by atoms with Gasteiger partial charge in [0.1, 0.15) is 0 Å². The highest BCUT2D eigenvalue weighted by atomic mass is 16.7. The second kappa shape index (κ2) is 6.47. The first-order valence-electron chi connectivity index (χ1n) is 9.78. The van der Waals surface area contributed by atoms with E-state index in [0.29, 0.717) is 12.2 Å². The van der Waals surface area contributed by atoms with E-state index >= 15 is 0 Å². The molecule has 0 N–H and O–H groups in total. The van der Waals surface area contributed by atoms with Crippen molar-refractivity contribution in [3.63, 3.8) is 0 Å². The average molecular weight is 387 g/mol. The molecule has 1 aliphatic carbocycles. The van der Waals surface area contributed by atoms with Crippen molar-refractivity contribution in [1.29, 1.82) is 0 Å². The molecule has 1 aromatic carbocycles. The topological polar surface area (TPSA) is 66.5 Å². The van der Waals surface area contributed by atoms with Crippen molar-refractivity contribution in [3.05, 3.63) is 35.4 Å². The smallest absolute Gasteiger partial charge is 0.308 e. The van der Waals surface area contributed by atoms with E-state index in [-0.39, 0.29) is 36.4 Å². The van der Waals surface area contributed by atoms with Gasteiger partial charge >= 0.3 is 5.97 Å². The van der Waals surface area contributed by atoms with Crippen molar-refractivity contribution < 1.29 is 28.5 Å². The number of nitrogens with zero attached hydrogens (tertiary/aromatic N) is 1. The molecule has 1 fully saturated rings. The molecule has 0 aromatic heterocycles. The molecule has 0 saturated carbocycles. The summed E-state index contributed by atoms with van der Waals surface area (Å²) in [5.74, 6) is 1.10. The zero-order valence-electron chi connectivity index (χ0n) is 16.3. The predicted molar refractivity (Wildman–Crippen MR) is 99.2 cm³/mol. The lowest BCUT2D eigenvalue weighted by molar-refractivity contribution is -0.201. The summed E-state index contributed by atoms with van der Waals surface area (Å²) in [6.07, 6.45) is 4.72. The van der Waals surface area contributed by atoms with Crippen molar-refractivity contribution in [2.24, 2.45) is 0 Å². The Morgan fingerprint density at radius 2 is 2.11 bits per heavy atom. The highest BCUT2D eigenvalue weighted by Gasteiger charge is 2.60. The van der Waals surface area contributed by atoms with Crippen LogP contribution in [-0.4, -0.2) is 56.6 Å². The Balaban J connectivity index is 1.67. The van der Waals surface area contributed by atoms with Crippen molar-refractivity contribution in [2.75, 3.05) is 27.5 Å². The van der Waals surface area contributed by atoms with E-state index < -0.39 is 6.29 Å². The van der Waals surface area contributed by atoms with Crippen LogP contribution in [0.3, 0.4) is 0 Å². The Bertz CT molecular complexity index is 838. The molecule has 0 radical (unpaired) electrons. The Morgan fingerprint density at radius 3 is 2.86 bits per heavy atom. The van der Waals surface area contributed by atoms with Gasteiger partial charge < -0.3 is 23.7 Å². The van der Waals surface area contributed by atoms with Gasteiger partial charge in [0.15, 0.2) is 11.5 Å². The van der Waals surface area contributed by atoms with E-state index in [2.05, 4.69) is 24.1 Å². The minimum atomic E-state index is -0.742. The first kappa shape index (κ1) is 18.0. The van der Waals surface area contributed by atoms with Gasteiger partial charge in [-0.05, 0) is 31.2 Å². The average Bonchev–Trinajstić information content (AvgIpc) is 3.28. The predicted octanol–water partition coefficient (Wildman–Crippen LogP) is 2.29. The minimum absolute atomic E-state index is 0.0740. The van der Waals surface area contributed by atoms with Gasteiger partial charge in [-0.15, -0.1) is 0 Å². The summed E-state index contributed by atoms with van der Waals surface area (Å²) in [6, 6.07) is 4.17. The van der Waals surface area contributed by atoms with E-state index in [4.69, 9.17) is 23.7 Å². The Kier molecular flexibility index (Phi) is 4.15. The SMILES string of the molecule is CCC(=O)OC1OC2CN(C)C3CC(OC)C=CC23c2cc3c(cc21)OCO3. The molecule has 5 atom stereocenters. The molecule has 7 heteroatoms. The maximum atomic E-state index is 12.0. The molecular formula is C21H25NO6. The first-order chi connectivity index (χ1) is 13.6. The second-order valence-electron chi connectivity index (χ2n) is 7.85. The van der Waals surface area contributed by atoms with Crippen LogP contribution in [0.4, 0.5) is 0 Å². The molecule has 1 aromatic rings. The molecule has 0 amide bonds. The summed E-state index contributed by atoms with van der Waals surface area (Å²) in [6.45, 7) is 2.72. The maximum Gasteiger partial charge on any atom is 0.308 e. The summed E-state index contributed by atoms with van der Waals surface area (Å²) < 4.78 is 28.9. The monoisotopic (exact) mass is 387 g/mol. The number of carbonyl (C=O) groups is 1. The highest BCUT2D eigenvalue weighted by molar-refractivity contribution is 5.69. The zero-order valence-corrected chi connectivity index (χ0v) is 16.3. The number of hydrogen-bond acceptors (Lipinski definition) is 7. The highest BCUT2D eigenvalue weighted by Crippen LogP contribution is 2.55. The van der Waals surface area contributed by atoms with Crippen LogP contribution in [0.25, 0.3) is 0 Å². The minimum Gasteiger partial charge on any atom is -0.454 e. The molecule has 3 aliphatic heterocycles. The normalized spacial score (nSPS) is 35.2. The van der Waals surface area contributed by atoms with E-state index in [0.717, 1.165) is 29.8 Å². The summed E-state index contributed by atoms with van der Waals surface area (Å²) in [5.41, 5.74) is 1.58. The lowest BCUT2D eigenvalue weighted by Crippen LogP contribution is -2.52. The number of likely N-dealkylation sites (tertiary alicyclic amines) is 1. The van der Waals surface area contributed by atoms with Gasteiger partial charge in [-0.1, -0.05) is 19.1 Å². The van der Waals surface area contributed by atoms with E-state index in [9.17, 15) is 4.79 Å². The van der Waals surface area contributed by atoms with Crippen molar-refractivity contribution in [1.82, 2.24) is 4.90 Å².